The first kappa shape index (κ1) is 19.0. The molecule has 134 valence electrons. The predicted octanol–water partition coefficient (Wildman–Crippen LogP) is 5.60. The fourth-order valence-corrected chi connectivity index (χ4v) is 2.48. The molecule has 25 heavy (non-hydrogen) atoms. The Hall–Kier alpha value is -2.34. The van der Waals surface area contributed by atoms with E-state index in [4.69, 9.17) is 16.3 Å². The predicted molar refractivity (Wildman–Crippen MR) is 92.6 cm³/mol. The Morgan fingerprint density at radius 2 is 2.04 bits per heavy atom. The Balaban J connectivity index is 2.26. The third-order valence-electron chi connectivity index (χ3n) is 3.63. The third kappa shape index (κ3) is 4.82. The molecule has 0 spiro atoms. The fraction of sp³-hybridized carbons (Fsp3) is 0.278. The van der Waals surface area contributed by atoms with Crippen LogP contribution in [0.4, 0.5) is 19.3 Å². The minimum absolute atomic E-state index is 0.0792. The number of aryl methyl sites for hydroxylation is 1. The molecule has 0 saturated heterocycles. The minimum atomic E-state index is -2.65. The van der Waals surface area contributed by atoms with Crippen LogP contribution in [0.2, 0.25) is 5.02 Å². The molecule has 0 unspecified atom stereocenters. The zero-order chi connectivity index (χ0) is 18.4. The Labute approximate surface area is 149 Å². The number of carbonyl (C=O) groups is 1. The van der Waals surface area contributed by atoms with Crippen LogP contribution in [0.1, 0.15) is 30.0 Å². The van der Waals surface area contributed by atoms with E-state index in [0.717, 1.165) is 5.56 Å². The number of halogens is 3. The number of methoxy groups -OCH3 is 1. The van der Waals surface area contributed by atoms with E-state index in [2.05, 4.69) is 10.1 Å². The van der Waals surface area contributed by atoms with Gasteiger partial charge in [0.1, 0.15) is 12.4 Å². The molecule has 7 heteroatoms. The summed E-state index contributed by atoms with van der Waals surface area (Å²) in [6.07, 6.45) is -2.66. The van der Waals surface area contributed by atoms with Crippen molar-refractivity contribution in [1.29, 1.82) is 0 Å². The number of ether oxygens (including phenoxy) is 2. The van der Waals surface area contributed by atoms with E-state index in [1.54, 1.807) is 24.3 Å². The number of alkyl halides is 2. The van der Waals surface area contributed by atoms with Crippen molar-refractivity contribution in [3.8, 4) is 5.75 Å². The third-order valence-corrected chi connectivity index (χ3v) is 3.98. The molecule has 0 aromatic heterocycles. The molecule has 2 aromatic rings. The SMILES string of the molecule is CCc1ccc(OCc2c(Cl)cccc2NC(=O)OC)c(C(F)F)c1. The van der Waals surface area contributed by atoms with E-state index in [0.29, 0.717) is 22.7 Å². The normalized spacial score (nSPS) is 10.6. The Bertz CT molecular complexity index is 753. The molecular formula is C18H18ClF2NO3. The summed E-state index contributed by atoms with van der Waals surface area (Å²) >= 11 is 6.15. The van der Waals surface area contributed by atoms with E-state index < -0.39 is 12.5 Å². The summed E-state index contributed by atoms with van der Waals surface area (Å²) in [6, 6.07) is 9.58. The molecule has 2 aromatic carbocycles. The van der Waals surface area contributed by atoms with Gasteiger partial charge in [0, 0.05) is 10.6 Å². The zero-order valence-corrected chi connectivity index (χ0v) is 14.6. The highest BCUT2D eigenvalue weighted by molar-refractivity contribution is 6.31. The molecule has 1 amide bonds. The maximum Gasteiger partial charge on any atom is 0.411 e. The summed E-state index contributed by atoms with van der Waals surface area (Å²) in [4.78, 5) is 11.4. The van der Waals surface area contributed by atoms with Gasteiger partial charge in [-0.1, -0.05) is 30.7 Å². The highest BCUT2D eigenvalue weighted by atomic mass is 35.5. The number of benzene rings is 2. The first-order valence-corrected chi connectivity index (χ1v) is 8.00. The average molecular weight is 370 g/mol. The van der Waals surface area contributed by atoms with Crippen molar-refractivity contribution in [1.82, 2.24) is 0 Å². The first-order chi connectivity index (χ1) is 12.0. The highest BCUT2D eigenvalue weighted by Gasteiger charge is 2.17. The number of anilines is 1. The summed E-state index contributed by atoms with van der Waals surface area (Å²) < 4.78 is 36.7. The smallest absolute Gasteiger partial charge is 0.411 e. The minimum Gasteiger partial charge on any atom is -0.488 e. The van der Waals surface area contributed by atoms with E-state index in [1.807, 2.05) is 6.92 Å². The van der Waals surface area contributed by atoms with Gasteiger partial charge in [-0.05, 0) is 36.2 Å². The quantitative estimate of drug-likeness (QED) is 0.721. The molecule has 0 aliphatic heterocycles. The van der Waals surface area contributed by atoms with Gasteiger partial charge in [0.15, 0.2) is 0 Å². The standard InChI is InChI=1S/C18H18ClF2NO3/c1-3-11-7-8-16(12(9-11)17(20)21)25-10-13-14(19)5-4-6-15(13)22-18(23)24-2/h4-9,17H,3,10H2,1-2H3,(H,22,23). The molecule has 1 N–H and O–H groups in total. The van der Waals surface area contributed by atoms with E-state index in [1.165, 1.54) is 19.2 Å². The molecule has 0 aliphatic carbocycles. The van der Waals surface area contributed by atoms with E-state index >= 15 is 0 Å². The maximum absolute atomic E-state index is 13.3. The molecule has 0 aliphatic rings. The van der Waals surface area contributed by atoms with Crippen LogP contribution >= 0.6 is 11.6 Å². The number of hydrogen-bond acceptors (Lipinski definition) is 3. The molecule has 0 atom stereocenters. The van der Waals surface area contributed by atoms with Gasteiger partial charge < -0.3 is 9.47 Å². The summed E-state index contributed by atoms with van der Waals surface area (Å²) in [7, 11) is 1.24. The van der Waals surface area contributed by atoms with Crippen molar-refractivity contribution in [2.45, 2.75) is 26.4 Å². The number of carbonyl (C=O) groups excluding carboxylic acids is 1. The monoisotopic (exact) mass is 369 g/mol. The lowest BCUT2D eigenvalue weighted by Gasteiger charge is -2.16. The molecule has 0 heterocycles. The van der Waals surface area contributed by atoms with Crippen LogP contribution in [-0.4, -0.2) is 13.2 Å². The van der Waals surface area contributed by atoms with Gasteiger partial charge >= 0.3 is 6.09 Å². The summed E-state index contributed by atoms with van der Waals surface area (Å²) in [6.45, 7) is 1.81. The number of rotatable bonds is 6. The Morgan fingerprint density at radius 3 is 2.68 bits per heavy atom. The van der Waals surface area contributed by atoms with Gasteiger partial charge in [0.2, 0.25) is 0 Å². The van der Waals surface area contributed by atoms with Crippen molar-refractivity contribution >= 4 is 23.4 Å². The van der Waals surface area contributed by atoms with Crippen LogP contribution in [-0.2, 0) is 17.8 Å². The fourth-order valence-electron chi connectivity index (χ4n) is 2.25. The van der Waals surface area contributed by atoms with Crippen LogP contribution in [0.25, 0.3) is 0 Å². The molecule has 0 fully saturated rings. The van der Waals surface area contributed by atoms with Crippen molar-refractivity contribution in [2.24, 2.45) is 0 Å². The van der Waals surface area contributed by atoms with Crippen LogP contribution in [0.15, 0.2) is 36.4 Å². The number of hydrogen-bond donors (Lipinski definition) is 1. The van der Waals surface area contributed by atoms with Crippen LogP contribution in [0, 0.1) is 0 Å². The van der Waals surface area contributed by atoms with Crippen LogP contribution in [0.5, 0.6) is 5.75 Å². The summed E-state index contributed by atoms with van der Waals surface area (Å²) in [5.74, 6) is 0.0798. The largest absolute Gasteiger partial charge is 0.488 e. The van der Waals surface area contributed by atoms with Gasteiger partial charge in [0.05, 0.1) is 18.4 Å². The van der Waals surface area contributed by atoms with Gasteiger partial charge in [-0.25, -0.2) is 13.6 Å². The Morgan fingerprint density at radius 1 is 1.28 bits per heavy atom. The van der Waals surface area contributed by atoms with Gasteiger partial charge in [-0.3, -0.25) is 5.32 Å². The number of amides is 1. The van der Waals surface area contributed by atoms with Gasteiger partial charge in [0.25, 0.3) is 6.43 Å². The second-order valence-corrected chi connectivity index (χ2v) is 5.60. The van der Waals surface area contributed by atoms with Gasteiger partial charge in [-0.2, -0.15) is 0 Å². The van der Waals surface area contributed by atoms with Crippen LogP contribution in [0.3, 0.4) is 0 Å². The van der Waals surface area contributed by atoms with Crippen molar-refractivity contribution < 1.29 is 23.0 Å². The molecule has 0 bridgehead atoms. The first-order valence-electron chi connectivity index (χ1n) is 7.62. The van der Waals surface area contributed by atoms with E-state index in [-0.39, 0.29) is 17.9 Å². The van der Waals surface area contributed by atoms with Crippen molar-refractivity contribution in [2.75, 3.05) is 12.4 Å². The lowest BCUT2D eigenvalue weighted by molar-refractivity contribution is 0.144. The second-order valence-electron chi connectivity index (χ2n) is 5.20. The maximum atomic E-state index is 13.3. The molecule has 0 saturated carbocycles. The topological polar surface area (TPSA) is 47.6 Å². The second kappa shape index (κ2) is 8.67. The highest BCUT2D eigenvalue weighted by Crippen LogP contribution is 2.32. The van der Waals surface area contributed by atoms with Crippen molar-refractivity contribution in [3.05, 3.63) is 58.1 Å². The Kier molecular flexibility index (Phi) is 6.58. The van der Waals surface area contributed by atoms with E-state index in [9.17, 15) is 13.6 Å². The lowest BCUT2D eigenvalue weighted by Crippen LogP contribution is -2.13. The molecule has 4 nitrogen and oxygen atoms in total. The molecule has 0 radical (unpaired) electrons. The summed E-state index contributed by atoms with van der Waals surface area (Å²) in [5.41, 5.74) is 1.49. The van der Waals surface area contributed by atoms with Gasteiger partial charge in [-0.15, -0.1) is 0 Å². The molecule has 2 rings (SSSR count). The average Bonchev–Trinajstić information content (AvgIpc) is 2.60. The summed E-state index contributed by atoms with van der Waals surface area (Å²) in [5, 5.41) is 2.86. The van der Waals surface area contributed by atoms with Crippen molar-refractivity contribution in [3.63, 3.8) is 0 Å². The van der Waals surface area contributed by atoms with Crippen LogP contribution < -0.4 is 10.1 Å². The molecular weight excluding hydrogens is 352 g/mol. The number of nitrogens with one attached hydrogen (secondary N) is 1. The lowest BCUT2D eigenvalue weighted by atomic mass is 10.1. The zero-order valence-electron chi connectivity index (χ0n) is 13.8.